The molecule has 1 amide bonds. The summed E-state index contributed by atoms with van der Waals surface area (Å²) in [6, 6.07) is 18.8. The van der Waals surface area contributed by atoms with Gasteiger partial charge >= 0.3 is 0 Å². The molecule has 1 heterocycles. The number of anilines is 2. The number of nitrogens with one attached hydrogen (secondary N) is 2. The van der Waals surface area contributed by atoms with Crippen LogP contribution in [0.1, 0.15) is 21.6 Å². The SMILES string of the molecule is COc1ccc(CNC(=O)c2ccc(Nc3ccc(C)cc3)nn2)cc1. The van der Waals surface area contributed by atoms with E-state index in [1.807, 2.05) is 55.5 Å². The quantitative estimate of drug-likeness (QED) is 0.713. The van der Waals surface area contributed by atoms with Gasteiger partial charge < -0.3 is 15.4 Å². The van der Waals surface area contributed by atoms with Crippen molar-refractivity contribution >= 4 is 17.4 Å². The molecule has 0 saturated heterocycles. The van der Waals surface area contributed by atoms with E-state index in [2.05, 4.69) is 20.8 Å². The molecule has 6 heteroatoms. The van der Waals surface area contributed by atoms with Crippen molar-refractivity contribution < 1.29 is 9.53 Å². The van der Waals surface area contributed by atoms with E-state index in [1.165, 1.54) is 5.56 Å². The normalized spacial score (nSPS) is 10.2. The molecule has 0 fully saturated rings. The van der Waals surface area contributed by atoms with Gasteiger partial charge in [0.05, 0.1) is 7.11 Å². The second-order valence-corrected chi connectivity index (χ2v) is 5.83. The Hall–Kier alpha value is -3.41. The van der Waals surface area contributed by atoms with E-state index in [-0.39, 0.29) is 11.6 Å². The summed E-state index contributed by atoms with van der Waals surface area (Å²) in [6.45, 7) is 2.44. The standard InChI is InChI=1S/C20H20N4O2/c1-14-3-7-16(8-4-14)22-19-12-11-18(23-24-19)20(25)21-13-15-5-9-17(26-2)10-6-15/h3-12H,13H2,1-2H3,(H,21,25)(H,22,24). The first-order valence-corrected chi connectivity index (χ1v) is 8.22. The number of nitrogens with zero attached hydrogens (tertiary/aromatic N) is 2. The van der Waals surface area contributed by atoms with E-state index in [9.17, 15) is 4.79 Å². The maximum absolute atomic E-state index is 12.2. The molecule has 0 radical (unpaired) electrons. The highest BCUT2D eigenvalue weighted by Crippen LogP contribution is 2.15. The van der Waals surface area contributed by atoms with Crippen LogP contribution in [0.2, 0.25) is 0 Å². The molecule has 0 atom stereocenters. The minimum absolute atomic E-state index is 0.268. The molecule has 0 unspecified atom stereocenters. The lowest BCUT2D eigenvalue weighted by atomic mass is 10.2. The monoisotopic (exact) mass is 348 g/mol. The molecule has 0 spiro atoms. The summed E-state index contributed by atoms with van der Waals surface area (Å²) in [7, 11) is 1.62. The Morgan fingerprint density at radius 3 is 2.31 bits per heavy atom. The number of hydrogen-bond acceptors (Lipinski definition) is 5. The molecule has 2 N–H and O–H groups in total. The van der Waals surface area contributed by atoms with Crippen LogP contribution in [0, 0.1) is 6.92 Å². The Morgan fingerprint density at radius 1 is 0.962 bits per heavy atom. The van der Waals surface area contributed by atoms with Gasteiger partial charge in [-0.1, -0.05) is 29.8 Å². The zero-order valence-electron chi connectivity index (χ0n) is 14.7. The number of aromatic nitrogens is 2. The van der Waals surface area contributed by atoms with Crippen molar-refractivity contribution in [3.8, 4) is 5.75 Å². The van der Waals surface area contributed by atoms with E-state index in [0.717, 1.165) is 17.0 Å². The van der Waals surface area contributed by atoms with Gasteiger partial charge in [-0.2, -0.15) is 0 Å². The fourth-order valence-corrected chi connectivity index (χ4v) is 2.32. The zero-order valence-corrected chi connectivity index (χ0v) is 14.7. The highest BCUT2D eigenvalue weighted by molar-refractivity contribution is 5.92. The molecule has 2 aromatic carbocycles. The predicted molar refractivity (Wildman–Crippen MR) is 101 cm³/mol. The third kappa shape index (κ3) is 4.57. The van der Waals surface area contributed by atoms with Crippen LogP contribution in [-0.4, -0.2) is 23.2 Å². The summed E-state index contributed by atoms with van der Waals surface area (Å²) in [5.41, 5.74) is 3.35. The summed E-state index contributed by atoms with van der Waals surface area (Å²) in [5, 5.41) is 14.0. The van der Waals surface area contributed by atoms with Crippen LogP contribution >= 0.6 is 0 Å². The Labute approximate surface area is 152 Å². The molecule has 3 rings (SSSR count). The van der Waals surface area contributed by atoms with Gasteiger partial charge in [0.25, 0.3) is 5.91 Å². The summed E-state index contributed by atoms with van der Waals surface area (Å²) in [4.78, 5) is 12.2. The van der Waals surface area contributed by atoms with Gasteiger partial charge in [-0.15, -0.1) is 10.2 Å². The number of methoxy groups -OCH3 is 1. The fraction of sp³-hybridized carbons (Fsp3) is 0.150. The Bertz CT molecular complexity index is 860. The highest BCUT2D eigenvalue weighted by atomic mass is 16.5. The third-order valence-corrected chi connectivity index (χ3v) is 3.83. The minimum Gasteiger partial charge on any atom is -0.497 e. The first kappa shape index (κ1) is 17.4. The summed E-state index contributed by atoms with van der Waals surface area (Å²) >= 11 is 0. The average Bonchev–Trinajstić information content (AvgIpc) is 2.69. The highest BCUT2D eigenvalue weighted by Gasteiger charge is 2.08. The predicted octanol–water partition coefficient (Wildman–Crippen LogP) is 3.47. The molecule has 132 valence electrons. The second kappa shape index (κ2) is 8.11. The van der Waals surface area contributed by atoms with Crippen molar-refractivity contribution in [1.29, 1.82) is 0 Å². The van der Waals surface area contributed by atoms with Gasteiger partial charge in [0.15, 0.2) is 11.5 Å². The van der Waals surface area contributed by atoms with Gasteiger partial charge in [-0.25, -0.2) is 0 Å². The molecule has 0 aliphatic carbocycles. The number of carbonyl (C=O) groups is 1. The maximum atomic E-state index is 12.2. The number of hydrogen-bond donors (Lipinski definition) is 2. The molecule has 0 bridgehead atoms. The molecule has 0 aliphatic rings. The zero-order chi connectivity index (χ0) is 18.4. The first-order chi connectivity index (χ1) is 12.6. The van der Waals surface area contributed by atoms with Crippen molar-refractivity contribution in [2.45, 2.75) is 13.5 Å². The summed E-state index contributed by atoms with van der Waals surface area (Å²) in [6.07, 6.45) is 0. The first-order valence-electron chi connectivity index (χ1n) is 8.22. The number of aryl methyl sites for hydroxylation is 1. The van der Waals surface area contributed by atoms with Crippen LogP contribution in [-0.2, 0) is 6.54 Å². The number of ether oxygens (including phenoxy) is 1. The topological polar surface area (TPSA) is 76.1 Å². The van der Waals surface area contributed by atoms with Crippen LogP contribution in [0.3, 0.4) is 0 Å². The number of amides is 1. The minimum atomic E-state index is -0.268. The van der Waals surface area contributed by atoms with Gasteiger partial charge in [-0.3, -0.25) is 4.79 Å². The van der Waals surface area contributed by atoms with Crippen molar-refractivity contribution in [2.75, 3.05) is 12.4 Å². The smallest absolute Gasteiger partial charge is 0.272 e. The Balaban J connectivity index is 1.56. The summed E-state index contributed by atoms with van der Waals surface area (Å²) < 4.78 is 5.11. The molecular weight excluding hydrogens is 328 g/mol. The van der Waals surface area contributed by atoms with Crippen LogP contribution in [0.25, 0.3) is 0 Å². The lowest BCUT2D eigenvalue weighted by Crippen LogP contribution is -2.24. The van der Waals surface area contributed by atoms with Crippen LogP contribution in [0.4, 0.5) is 11.5 Å². The fourth-order valence-electron chi connectivity index (χ4n) is 2.32. The molecule has 0 aliphatic heterocycles. The van der Waals surface area contributed by atoms with E-state index in [4.69, 9.17) is 4.74 Å². The van der Waals surface area contributed by atoms with Crippen LogP contribution in [0.5, 0.6) is 5.75 Å². The molecule has 3 aromatic rings. The maximum Gasteiger partial charge on any atom is 0.272 e. The van der Waals surface area contributed by atoms with Gasteiger partial charge in [-0.05, 0) is 48.9 Å². The Kier molecular flexibility index (Phi) is 5.43. The van der Waals surface area contributed by atoms with E-state index in [1.54, 1.807) is 19.2 Å². The van der Waals surface area contributed by atoms with E-state index in [0.29, 0.717) is 12.4 Å². The number of rotatable bonds is 6. The van der Waals surface area contributed by atoms with Crippen molar-refractivity contribution in [1.82, 2.24) is 15.5 Å². The molecule has 0 saturated carbocycles. The van der Waals surface area contributed by atoms with E-state index >= 15 is 0 Å². The van der Waals surface area contributed by atoms with Crippen molar-refractivity contribution in [3.05, 3.63) is 77.5 Å². The van der Waals surface area contributed by atoms with E-state index < -0.39 is 0 Å². The lowest BCUT2D eigenvalue weighted by molar-refractivity contribution is 0.0945. The van der Waals surface area contributed by atoms with Crippen LogP contribution < -0.4 is 15.4 Å². The molecular formula is C20H20N4O2. The lowest BCUT2D eigenvalue weighted by Gasteiger charge is -2.07. The van der Waals surface area contributed by atoms with Gasteiger partial charge in [0.1, 0.15) is 5.75 Å². The van der Waals surface area contributed by atoms with Crippen molar-refractivity contribution in [2.24, 2.45) is 0 Å². The van der Waals surface area contributed by atoms with Gasteiger partial charge in [0, 0.05) is 12.2 Å². The summed E-state index contributed by atoms with van der Waals surface area (Å²) in [5.74, 6) is 1.10. The van der Waals surface area contributed by atoms with Crippen molar-refractivity contribution in [3.63, 3.8) is 0 Å². The van der Waals surface area contributed by atoms with Gasteiger partial charge in [0.2, 0.25) is 0 Å². The molecule has 26 heavy (non-hydrogen) atoms. The largest absolute Gasteiger partial charge is 0.497 e. The molecule has 6 nitrogen and oxygen atoms in total. The average molecular weight is 348 g/mol. The Morgan fingerprint density at radius 2 is 1.69 bits per heavy atom. The second-order valence-electron chi connectivity index (χ2n) is 5.83. The van der Waals surface area contributed by atoms with Crippen LogP contribution in [0.15, 0.2) is 60.7 Å². The molecule has 1 aromatic heterocycles. The number of carbonyl (C=O) groups excluding carboxylic acids is 1. The third-order valence-electron chi connectivity index (χ3n) is 3.83. The number of benzene rings is 2.